The molecule has 0 saturated heterocycles. The van der Waals surface area contributed by atoms with Gasteiger partial charge in [0.15, 0.2) is 5.78 Å². The molecule has 84 valence electrons. The second-order valence-electron chi connectivity index (χ2n) is 3.50. The van der Waals surface area contributed by atoms with Crippen LogP contribution in [0, 0.1) is 0 Å². The van der Waals surface area contributed by atoms with Crippen LogP contribution in [0.15, 0.2) is 55.1 Å². The Morgan fingerprint density at radius 1 is 1.31 bits per heavy atom. The number of allylic oxidation sites excluding steroid dienone is 1. The number of hydrogen-bond acceptors (Lipinski definition) is 2. The number of ether oxygens (including phenoxy) is 1. The molecular weight excluding hydrogens is 200 g/mol. The minimum Gasteiger partial charge on any atom is -0.372 e. The van der Waals surface area contributed by atoms with E-state index < -0.39 is 0 Å². The van der Waals surface area contributed by atoms with E-state index in [1.807, 2.05) is 30.3 Å². The van der Waals surface area contributed by atoms with E-state index in [2.05, 4.69) is 13.2 Å². The van der Waals surface area contributed by atoms with Crippen LogP contribution in [0.5, 0.6) is 0 Å². The zero-order valence-corrected chi connectivity index (χ0v) is 9.32. The highest BCUT2D eigenvalue weighted by molar-refractivity contribution is 5.95. The maximum atomic E-state index is 11.3. The van der Waals surface area contributed by atoms with Gasteiger partial charge in [-0.15, -0.1) is 6.58 Å². The first-order valence-electron chi connectivity index (χ1n) is 5.17. The zero-order valence-electron chi connectivity index (χ0n) is 9.32. The Kier molecular flexibility index (Phi) is 5.23. The summed E-state index contributed by atoms with van der Waals surface area (Å²) in [6, 6.07) is 9.82. The largest absolute Gasteiger partial charge is 0.372 e. The maximum absolute atomic E-state index is 11.3. The predicted molar refractivity (Wildman–Crippen MR) is 65.1 cm³/mol. The molecule has 0 unspecified atom stereocenters. The summed E-state index contributed by atoms with van der Waals surface area (Å²) in [5.74, 6) is -0.0111. The zero-order chi connectivity index (χ0) is 11.8. The van der Waals surface area contributed by atoms with Gasteiger partial charge in [0.25, 0.3) is 0 Å². The molecule has 0 aliphatic heterocycles. The Morgan fingerprint density at radius 2 is 2.00 bits per heavy atom. The van der Waals surface area contributed by atoms with E-state index in [9.17, 15) is 4.79 Å². The number of rotatable bonds is 7. The van der Waals surface area contributed by atoms with Gasteiger partial charge in [-0.1, -0.05) is 43.0 Å². The van der Waals surface area contributed by atoms with Gasteiger partial charge in [-0.05, 0) is 5.56 Å². The van der Waals surface area contributed by atoms with Crippen molar-refractivity contribution in [3.63, 3.8) is 0 Å². The van der Waals surface area contributed by atoms with Crippen LogP contribution in [-0.2, 0) is 16.1 Å². The van der Waals surface area contributed by atoms with Crippen molar-refractivity contribution in [3.8, 4) is 0 Å². The summed E-state index contributed by atoms with van der Waals surface area (Å²) in [6.45, 7) is 7.97. The fourth-order valence-corrected chi connectivity index (χ4v) is 1.22. The van der Waals surface area contributed by atoms with Gasteiger partial charge in [-0.3, -0.25) is 4.79 Å². The van der Waals surface area contributed by atoms with Gasteiger partial charge in [0.2, 0.25) is 0 Å². The summed E-state index contributed by atoms with van der Waals surface area (Å²) in [5, 5.41) is 0. The molecule has 2 heteroatoms. The Hall–Kier alpha value is -1.67. The molecule has 0 saturated carbocycles. The predicted octanol–water partition coefficient (Wildman–Crippen LogP) is 2.90. The number of carbonyl (C=O) groups is 1. The van der Waals surface area contributed by atoms with Gasteiger partial charge in [0.1, 0.15) is 0 Å². The SMILES string of the molecule is C=CCC(=O)C(=C)COCc1ccccc1. The van der Waals surface area contributed by atoms with Crippen molar-refractivity contribution in [3.05, 3.63) is 60.7 Å². The van der Waals surface area contributed by atoms with Crippen LogP contribution in [0.1, 0.15) is 12.0 Å². The standard InChI is InChI=1S/C14H16O2/c1-3-7-14(15)12(2)10-16-11-13-8-5-4-6-9-13/h3-6,8-9H,1-2,7,10-11H2. The second kappa shape index (κ2) is 6.75. The molecule has 2 nitrogen and oxygen atoms in total. The molecule has 0 radical (unpaired) electrons. The monoisotopic (exact) mass is 216 g/mol. The fourth-order valence-electron chi connectivity index (χ4n) is 1.22. The van der Waals surface area contributed by atoms with E-state index in [1.165, 1.54) is 0 Å². The lowest BCUT2D eigenvalue weighted by Crippen LogP contribution is -2.07. The van der Waals surface area contributed by atoms with E-state index in [-0.39, 0.29) is 12.4 Å². The summed E-state index contributed by atoms with van der Waals surface area (Å²) >= 11 is 0. The molecule has 1 aromatic carbocycles. The lowest BCUT2D eigenvalue weighted by molar-refractivity contribution is -0.115. The van der Waals surface area contributed by atoms with Crippen molar-refractivity contribution >= 4 is 5.78 Å². The van der Waals surface area contributed by atoms with Crippen LogP contribution in [-0.4, -0.2) is 12.4 Å². The van der Waals surface area contributed by atoms with Gasteiger partial charge in [-0.25, -0.2) is 0 Å². The third-order valence-corrected chi connectivity index (χ3v) is 2.11. The number of benzene rings is 1. The Morgan fingerprint density at radius 3 is 2.62 bits per heavy atom. The minimum absolute atomic E-state index is 0.0111. The lowest BCUT2D eigenvalue weighted by Gasteiger charge is -2.05. The summed E-state index contributed by atoms with van der Waals surface area (Å²) < 4.78 is 5.39. The summed E-state index contributed by atoms with van der Waals surface area (Å²) in [4.78, 5) is 11.3. The number of ketones is 1. The molecule has 0 aliphatic carbocycles. The molecule has 0 spiro atoms. The molecule has 0 atom stereocenters. The third kappa shape index (κ3) is 4.24. The van der Waals surface area contributed by atoms with E-state index >= 15 is 0 Å². The number of Topliss-reactive ketones (excluding diaryl/α,β-unsaturated/α-hetero) is 1. The van der Waals surface area contributed by atoms with Crippen molar-refractivity contribution in [1.29, 1.82) is 0 Å². The van der Waals surface area contributed by atoms with Gasteiger partial charge in [-0.2, -0.15) is 0 Å². The van der Waals surface area contributed by atoms with Gasteiger partial charge in [0, 0.05) is 12.0 Å². The van der Waals surface area contributed by atoms with Gasteiger partial charge in [0.05, 0.1) is 13.2 Å². The highest BCUT2D eigenvalue weighted by Gasteiger charge is 2.04. The quantitative estimate of drug-likeness (QED) is 0.517. The van der Waals surface area contributed by atoms with Crippen molar-refractivity contribution in [1.82, 2.24) is 0 Å². The van der Waals surface area contributed by atoms with Gasteiger partial charge < -0.3 is 4.74 Å². The number of carbonyl (C=O) groups excluding carboxylic acids is 1. The van der Waals surface area contributed by atoms with E-state index in [0.29, 0.717) is 18.6 Å². The van der Waals surface area contributed by atoms with Crippen LogP contribution >= 0.6 is 0 Å². The smallest absolute Gasteiger partial charge is 0.164 e. The molecule has 0 aromatic heterocycles. The molecule has 0 heterocycles. The summed E-state index contributed by atoms with van der Waals surface area (Å²) in [5.41, 5.74) is 1.59. The molecule has 1 rings (SSSR count). The first-order chi connectivity index (χ1) is 7.74. The Labute approximate surface area is 96.2 Å². The van der Waals surface area contributed by atoms with Crippen LogP contribution in [0.2, 0.25) is 0 Å². The highest BCUT2D eigenvalue weighted by Crippen LogP contribution is 2.04. The normalized spacial score (nSPS) is 9.75. The van der Waals surface area contributed by atoms with E-state index in [1.54, 1.807) is 6.08 Å². The first kappa shape index (κ1) is 12.4. The highest BCUT2D eigenvalue weighted by atomic mass is 16.5. The first-order valence-corrected chi connectivity index (χ1v) is 5.17. The average Bonchev–Trinajstić information content (AvgIpc) is 2.30. The Balaban J connectivity index is 2.28. The van der Waals surface area contributed by atoms with E-state index in [0.717, 1.165) is 5.56 Å². The molecule has 0 aliphatic rings. The molecule has 0 fully saturated rings. The molecule has 1 aromatic rings. The van der Waals surface area contributed by atoms with Crippen LogP contribution in [0.4, 0.5) is 0 Å². The van der Waals surface area contributed by atoms with Crippen molar-refractivity contribution in [2.75, 3.05) is 6.61 Å². The average molecular weight is 216 g/mol. The minimum atomic E-state index is -0.0111. The summed E-state index contributed by atoms with van der Waals surface area (Å²) in [6.07, 6.45) is 1.90. The molecular formula is C14H16O2. The Bertz CT molecular complexity index is 366. The van der Waals surface area contributed by atoms with Crippen LogP contribution < -0.4 is 0 Å². The van der Waals surface area contributed by atoms with Crippen molar-refractivity contribution in [2.24, 2.45) is 0 Å². The second-order valence-corrected chi connectivity index (χ2v) is 3.50. The van der Waals surface area contributed by atoms with Gasteiger partial charge >= 0.3 is 0 Å². The molecule has 0 N–H and O–H groups in total. The lowest BCUT2D eigenvalue weighted by atomic mass is 10.1. The number of hydrogen-bond donors (Lipinski definition) is 0. The van der Waals surface area contributed by atoms with E-state index in [4.69, 9.17) is 4.74 Å². The summed E-state index contributed by atoms with van der Waals surface area (Å²) in [7, 11) is 0. The third-order valence-electron chi connectivity index (χ3n) is 2.11. The molecule has 0 bridgehead atoms. The van der Waals surface area contributed by atoms with Crippen LogP contribution in [0.3, 0.4) is 0 Å². The molecule has 0 amide bonds. The molecule has 16 heavy (non-hydrogen) atoms. The maximum Gasteiger partial charge on any atom is 0.164 e. The van der Waals surface area contributed by atoms with Crippen molar-refractivity contribution < 1.29 is 9.53 Å². The topological polar surface area (TPSA) is 26.3 Å². The van der Waals surface area contributed by atoms with Crippen LogP contribution in [0.25, 0.3) is 0 Å². The fraction of sp³-hybridized carbons (Fsp3) is 0.214. The van der Waals surface area contributed by atoms with Crippen molar-refractivity contribution in [2.45, 2.75) is 13.0 Å².